The van der Waals surface area contributed by atoms with Crippen LogP contribution in [0, 0.1) is 0 Å². The lowest BCUT2D eigenvalue weighted by molar-refractivity contribution is 0.0941. The summed E-state index contributed by atoms with van der Waals surface area (Å²) in [6.45, 7) is 3.18. The Morgan fingerprint density at radius 1 is 1.00 bits per heavy atom. The smallest absolute Gasteiger partial charge is 0.410 e. The summed E-state index contributed by atoms with van der Waals surface area (Å²) in [4.78, 5) is 20.4. The lowest BCUT2D eigenvalue weighted by atomic mass is 10.2. The van der Waals surface area contributed by atoms with E-state index in [0.717, 1.165) is 24.5 Å². The van der Waals surface area contributed by atoms with Gasteiger partial charge in [0.2, 0.25) is 0 Å². The molecular formula is C17H19N3O2. The van der Waals surface area contributed by atoms with Crippen molar-refractivity contribution in [3.8, 4) is 0 Å². The number of carbonyl (C=O) groups excluding carboxylic acids is 1. The maximum atomic E-state index is 12.1. The first-order chi connectivity index (χ1) is 10.8. The zero-order chi connectivity index (χ0) is 15.2. The number of nitrogens with zero attached hydrogens (tertiary/aromatic N) is 3. The summed E-state index contributed by atoms with van der Waals surface area (Å²) in [5.74, 6) is 0.958. The van der Waals surface area contributed by atoms with Gasteiger partial charge < -0.3 is 14.5 Å². The molecule has 1 aromatic heterocycles. The van der Waals surface area contributed by atoms with Crippen LogP contribution in [0.25, 0.3) is 0 Å². The lowest BCUT2D eigenvalue weighted by Gasteiger charge is -2.34. The van der Waals surface area contributed by atoms with Gasteiger partial charge in [-0.25, -0.2) is 9.78 Å². The SMILES string of the molecule is O=C(OCc1ccccc1)N1CCN(c2ccccn2)CC1. The average Bonchev–Trinajstić information content (AvgIpc) is 2.61. The van der Waals surface area contributed by atoms with Crippen LogP contribution in [0.4, 0.5) is 10.6 Å². The van der Waals surface area contributed by atoms with Crippen molar-refractivity contribution in [2.24, 2.45) is 0 Å². The van der Waals surface area contributed by atoms with Crippen LogP contribution < -0.4 is 4.90 Å². The maximum Gasteiger partial charge on any atom is 0.410 e. The highest BCUT2D eigenvalue weighted by atomic mass is 16.6. The number of carbonyl (C=O) groups is 1. The van der Waals surface area contributed by atoms with Crippen molar-refractivity contribution in [2.75, 3.05) is 31.1 Å². The summed E-state index contributed by atoms with van der Waals surface area (Å²) < 4.78 is 5.36. The second kappa shape index (κ2) is 6.93. The van der Waals surface area contributed by atoms with E-state index in [2.05, 4.69) is 9.88 Å². The molecule has 1 aliphatic heterocycles. The highest BCUT2D eigenvalue weighted by molar-refractivity contribution is 5.68. The number of hydrogen-bond donors (Lipinski definition) is 0. The van der Waals surface area contributed by atoms with E-state index in [1.807, 2.05) is 48.5 Å². The minimum atomic E-state index is -0.246. The van der Waals surface area contributed by atoms with Gasteiger partial charge in [0.05, 0.1) is 0 Å². The quantitative estimate of drug-likeness (QED) is 0.873. The molecule has 5 nitrogen and oxygen atoms in total. The molecule has 2 heterocycles. The van der Waals surface area contributed by atoms with E-state index < -0.39 is 0 Å². The summed E-state index contributed by atoms with van der Waals surface area (Å²) in [5, 5.41) is 0. The molecular weight excluding hydrogens is 278 g/mol. The Morgan fingerprint density at radius 3 is 2.41 bits per heavy atom. The fraction of sp³-hybridized carbons (Fsp3) is 0.294. The molecule has 0 spiro atoms. The highest BCUT2D eigenvalue weighted by Crippen LogP contribution is 2.13. The molecule has 3 rings (SSSR count). The molecule has 2 aromatic rings. The van der Waals surface area contributed by atoms with Gasteiger partial charge in [0, 0.05) is 32.4 Å². The molecule has 0 saturated carbocycles. The van der Waals surface area contributed by atoms with Gasteiger partial charge in [0.1, 0.15) is 12.4 Å². The number of aromatic nitrogens is 1. The van der Waals surface area contributed by atoms with Crippen LogP contribution in [0.2, 0.25) is 0 Å². The van der Waals surface area contributed by atoms with Crippen LogP contribution in [-0.2, 0) is 11.3 Å². The van der Waals surface area contributed by atoms with Gasteiger partial charge in [-0.1, -0.05) is 36.4 Å². The Hall–Kier alpha value is -2.56. The predicted molar refractivity (Wildman–Crippen MR) is 84.7 cm³/mol. The van der Waals surface area contributed by atoms with Gasteiger partial charge >= 0.3 is 6.09 Å². The van der Waals surface area contributed by atoms with E-state index >= 15 is 0 Å². The number of pyridine rings is 1. The van der Waals surface area contributed by atoms with Crippen LogP contribution in [0.5, 0.6) is 0 Å². The second-order valence-electron chi connectivity index (χ2n) is 5.20. The third-order valence-corrected chi connectivity index (χ3v) is 3.72. The molecule has 1 fully saturated rings. The van der Waals surface area contributed by atoms with Crippen molar-refractivity contribution < 1.29 is 9.53 Å². The Morgan fingerprint density at radius 2 is 1.73 bits per heavy atom. The van der Waals surface area contributed by atoms with Crippen LogP contribution >= 0.6 is 0 Å². The molecule has 22 heavy (non-hydrogen) atoms. The molecule has 1 aliphatic rings. The van der Waals surface area contributed by atoms with Crippen molar-refractivity contribution in [3.63, 3.8) is 0 Å². The largest absolute Gasteiger partial charge is 0.445 e. The van der Waals surface area contributed by atoms with Crippen LogP contribution in [0.15, 0.2) is 54.7 Å². The van der Waals surface area contributed by atoms with Gasteiger partial charge in [0.25, 0.3) is 0 Å². The fourth-order valence-corrected chi connectivity index (χ4v) is 2.47. The van der Waals surface area contributed by atoms with E-state index in [-0.39, 0.29) is 6.09 Å². The van der Waals surface area contributed by atoms with Gasteiger partial charge in [-0.15, -0.1) is 0 Å². The van der Waals surface area contributed by atoms with Crippen molar-refractivity contribution in [1.29, 1.82) is 0 Å². The lowest BCUT2D eigenvalue weighted by Crippen LogP contribution is -2.49. The Balaban J connectivity index is 1.48. The monoisotopic (exact) mass is 297 g/mol. The normalized spacial score (nSPS) is 14.7. The standard InChI is InChI=1S/C17H19N3O2/c21-17(22-14-15-6-2-1-3-7-15)20-12-10-19(11-13-20)16-8-4-5-9-18-16/h1-9H,10-14H2. The Bertz CT molecular complexity index is 596. The maximum absolute atomic E-state index is 12.1. The van der Waals surface area contributed by atoms with E-state index in [9.17, 15) is 4.79 Å². The molecule has 114 valence electrons. The number of benzene rings is 1. The van der Waals surface area contributed by atoms with Crippen LogP contribution in [-0.4, -0.2) is 42.2 Å². The molecule has 5 heteroatoms. The molecule has 0 N–H and O–H groups in total. The number of amides is 1. The first-order valence-electron chi connectivity index (χ1n) is 7.44. The average molecular weight is 297 g/mol. The number of piperazine rings is 1. The third kappa shape index (κ3) is 3.55. The first-order valence-corrected chi connectivity index (χ1v) is 7.44. The van der Waals surface area contributed by atoms with E-state index in [1.165, 1.54) is 0 Å². The molecule has 0 bridgehead atoms. The third-order valence-electron chi connectivity index (χ3n) is 3.72. The molecule has 1 aromatic carbocycles. The molecule has 1 saturated heterocycles. The zero-order valence-corrected chi connectivity index (χ0v) is 12.4. The first kappa shape index (κ1) is 14.4. The van der Waals surface area contributed by atoms with Crippen molar-refractivity contribution >= 4 is 11.9 Å². The van der Waals surface area contributed by atoms with Crippen LogP contribution in [0.3, 0.4) is 0 Å². The van der Waals surface area contributed by atoms with Gasteiger partial charge in [-0.3, -0.25) is 0 Å². The minimum absolute atomic E-state index is 0.246. The Kier molecular flexibility index (Phi) is 4.53. The van der Waals surface area contributed by atoms with E-state index in [0.29, 0.717) is 19.7 Å². The predicted octanol–water partition coefficient (Wildman–Crippen LogP) is 2.54. The van der Waals surface area contributed by atoms with E-state index in [4.69, 9.17) is 4.74 Å². The number of anilines is 1. The molecule has 0 aliphatic carbocycles. The van der Waals surface area contributed by atoms with Crippen molar-refractivity contribution in [2.45, 2.75) is 6.61 Å². The summed E-state index contributed by atoms with van der Waals surface area (Å²) in [7, 11) is 0. The van der Waals surface area contributed by atoms with Gasteiger partial charge in [-0.2, -0.15) is 0 Å². The topological polar surface area (TPSA) is 45.7 Å². The number of hydrogen-bond acceptors (Lipinski definition) is 4. The molecule has 0 radical (unpaired) electrons. The molecule has 1 amide bonds. The van der Waals surface area contributed by atoms with Crippen molar-refractivity contribution in [1.82, 2.24) is 9.88 Å². The number of ether oxygens (including phenoxy) is 1. The Labute approximate surface area is 130 Å². The van der Waals surface area contributed by atoms with Crippen LogP contribution in [0.1, 0.15) is 5.56 Å². The summed E-state index contributed by atoms with van der Waals surface area (Å²) >= 11 is 0. The van der Waals surface area contributed by atoms with Crippen molar-refractivity contribution in [3.05, 3.63) is 60.3 Å². The molecule has 0 atom stereocenters. The summed E-state index contributed by atoms with van der Waals surface area (Å²) in [6.07, 6.45) is 1.54. The highest BCUT2D eigenvalue weighted by Gasteiger charge is 2.22. The molecule has 0 unspecified atom stereocenters. The fourth-order valence-electron chi connectivity index (χ4n) is 2.47. The minimum Gasteiger partial charge on any atom is -0.445 e. The van der Waals surface area contributed by atoms with Gasteiger partial charge in [-0.05, 0) is 17.7 Å². The second-order valence-corrected chi connectivity index (χ2v) is 5.20. The summed E-state index contributed by atoms with van der Waals surface area (Å²) in [5.41, 5.74) is 1.00. The summed E-state index contributed by atoms with van der Waals surface area (Å²) in [6, 6.07) is 15.6. The zero-order valence-electron chi connectivity index (χ0n) is 12.4. The van der Waals surface area contributed by atoms with E-state index in [1.54, 1.807) is 11.1 Å². The number of rotatable bonds is 3. The van der Waals surface area contributed by atoms with Gasteiger partial charge in [0.15, 0.2) is 0 Å².